The lowest BCUT2D eigenvalue weighted by Crippen LogP contribution is -2.46. The van der Waals surface area contributed by atoms with Crippen LogP contribution in [0.15, 0.2) is 77.8 Å². The molecule has 1 unspecified atom stereocenters. The zero-order valence-electron chi connectivity index (χ0n) is 18.1. The van der Waals surface area contributed by atoms with E-state index >= 15 is 0 Å². The average Bonchev–Trinajstić information content (AvgIpc) is 2.94. The van der Waals surface area contributed by atoms with E-state index in [1.807, 2.05) is 6.07 Å². The largest absolute Gasteiger partial charge is 0.478 e. The third kappa shape index (κ3) is 4.49. The molecule has 0 saturated heterocycles. The van der Waals surface area contributed by atoms with Gasteiger partial charge < -0.3 is 14.7 Å². The minimum absolute atomic E-state index is 0.00926. The molecule has 1 atom stereocenters. The Kier molecular flexibility index (Phi) is 6.35. The summed E-state index contributed by atoms with van der Waals surface area (Å²) in [4.78, 5) is 43.1. The molecule has 8 nitrogen and oxygen atoms in total. The van der Waals surface area contributed by atoms with E-state index in [0.29, 0.717) is 0 Å². The van der Waals surface area contributed by atoms with Gasteiger partial charge in [0.15, 0.2) is 0 Å². The molecule has 3 aromatic rings. The second-order valence-electron chi connectivity index (χ2n) is 7.47. The van der Waals surface area contributed by atoms with Gasteiger partial charge in [0.25, 0.3) is 5.91 Å². The molecule has 2 N–H and O–H groups in total. The molecule has 1 heterocycles. The maximum atomic E-state index is 14.8. The molecule has 0 saturated carbocycles. The molecule has 0 aliphatic carbocycles. The zero-order valence-corrected chi connectivity index (χ0v) is 18.1. The van der Waals surface area contributed by atoms with Crippen LogP contribution in [0.1, 0.15) is 27.0 Å². The van der Waals surface area contributed by atoms with Crippen molar-refractivity contribution >= 4 is 29.4 Å². The summed E-state index contributed by atoms with van der Waals surface area (Å²) in [5, 5.41) is 12.2. The van der Waals surface area contributed by atoms with Gasteiger partial charge in [-0.2, -0.15) is 0 Å². The number of aliphatic imine (C=N–C) groups is 1. The molecule has 1 aliphatic heterocycles. The number of ether oxygens (including phenoxy) is 1. The number of amides is 2. The van der Waals surface area contributed by atoms with Crippen molar-refractivity contribution in [1.82, 2.24) is 5.32 Å². The Hall–Kier alpha value is -4.53. The molecule has 3 aromatic carbocycles. The van der Waals surface area contributed by atoms with Gasteiger partial charge in [-0.05, 0) is 29.8 Å². The molecule has 34 heavy (non-hydrogen) atoms. The summed E-state index contributed by atoms with van der Waals surface area (Å²) < 4.78 is 20.0. The van der Waals surface area contributed by atoms with Gasteiger partial charge in [-0.3, -0.25) is 10.1 Å². The second-order valence-corrected chi connectivity index (χ2v) is 7.47. The Bertz CT molecular complexity index is 1290. The summed E-state index contributed by atoms with van der Waals surface area (Å²) in [6.07, 6.45) is -2.38. The van der Waals surface area contributed by atoms with E-state index in [9.17, 15) is 23.9 Å². The highest BCUT2D eigenvalue weighted by Gasteiger charge is 2.34. The molecule has 0 fully saturated rings. The number of benzodiazepines with no additional fused rings is 1. The minimum atomic E-state index is -1.48. The summed E-state index contributed by atoms with van der Waals surface area (Å²) in [7, 11) is 1.43. The van der Waals surface area contributed by atoms with Gasteiger partial charge in [-0.25, -0.2) is 19.0 Å². The molecule has 0 radical (unpaired) electrons. The summed E-state index contributed by atoms with van der Waals surface area (Å²) in [6.45, 7) is -0.0311. The number of halogens is 1. The van der Waals surface area contributed by atoms with Crippen LogP contribution in [0.3, 0.4) is 0 Å². The number of benzene rings is 3. The number of rotatable bonds is 5. The van der Waals surface area contributed by atoms with Crippen LogP contribution in [-0.4, -0.2) is 42.0 Å². The predicted octanol–water partition coefficient (Wildman–Crippen LogP) is 3.59. The van der Waals surface area contributed by atoms with E-state index in [4.69, 9.17) is 4.74 Å². The van der Waals surface area contributed by atoms with Crippen molar-refractivity contribution in [3.63, 3.8) is 0 Å². The standard InChI is InChI=1S/C25H20FN3O5/c1-29-19-13-7-11-17(24(31)32)20(19)21(16-10-5-6-12-18(16)26)27-22(23(29)30)28-25(33)34-14-15-8-3-2-4-9-15/h2-13,22H,14H2,1H3,(H,28,33)(H,31,32). The lowest BCUT2D eigenvalue weighted by atomic mass is 9.95. The van der Waals surface area contributed by atoms with E-state index in [1.54, 1.807) is 30.3 Å². The molecule has 0 spiro atoms. The van der Waals surface area contributed by atoms with Gasteiger partial charge in [0, 0.05) is 18.2 Å². The van der Waals surface area contributed by atoms with Crippen LogP contribution in [0.4, 0.5) is 14.9 Å². The van der Waals surface area contributed by atoms with Crippen LogP contribution >= 0.6 is 0 Å². The van der Waals surface area contributed by atoms with Crippen LogP contribution < -0.4 is 10.2 Å². The SMILES string of the molecule is CN1C(=O)C(NC(=O)OCc2ccccc2)N=C(c2ccccc2F)c2c(C(=O)O)cccc21. The Morgan fingerprint density at radius 1 is 1.06 bits per heavy atom. The maximum absolute atomic E-state index is 14.8. The number of hydrogen-bond acceptors (Lipinski definition) is 5. The summed E-state index contributed by atoms with van der Waals surface area (Å²) in [5.74, 6) is -2.57. The monoisotopic (exact) mass is 461 g/mol. The van der Waals surface area contributed by atoms with E-state index in [0.717, 1.165) is 5.56 Å². The van der Waals surface area contributed by atoms with E-state index in [2.05, 4.69) is 10.3 Å². The molecule has 9 heteroatoms. The third-order valence-electron chi connectivity index (χ3n) is 5.29. The van der Waals surface area contributed by atoms with Crippen molar-refractivity contribution in [3.05, 3.63) is 101 Å². The number of nitrogens with one attached hydrogen (secondary N) is 1. The lowest BCUT2D eigenvalue weighted by Gasteiger charge is -2.21. The predicted molar refractivity (Wildman–Crippen MR) is 122 cm³/mol. The summed E-state index contributed by atoms with van der Waals surface area (Å²) >= 11 is 0. The highest BCUT2D eigenvalue weighted by Crippen LogP contribution is 2.31. The lowest BCUT2D eigenvalue weighted by molar-refractivity contribution is -0.120. The molecule has 2 amide bonds. The Labute approximate surface area is 194 Å². The van der Waals surface area contributed by atoms with Gasteiger partial charge >= 0.3 is 12.1 Å². The maximum Gasteiger partial charge on any atom is 0.409 e. The molecule has 4 rings (SSSR count). The van der Waals surface area contributed by atoms with Crippen molar-refractivity contribution in [2.75, 3.05) is 11.9 Å². The first-order valence-electron chi connectivity index (χ1n) is 10.3. The summed E-state index contributed by atoms with van der Waals surface area (Å²) in [5.41, 5.74) is 0.788. The highest BCUT2D eigenvalue weighted by atomic mass is 19.1. The van der Waals surface area contributed by atoms with Gasteiger partial charge in [-0.1, -0.05) is 48.5 Å². The summed E-state index contributed by atoms with van der Waals surface area (Å²) in [6, 6.07) is 19.0. The molecular formula is C25H20FN3O5. The first kappa shape index (κ1) is 22.7. The van der Waals surface area contributed by atoms with E-state index in [-0.39, 0.29) is 34.7 Å². The quantitative estimate of drug-likeness (QED) is 0.604. The number of nitrogens with zero attached hydrogens (tertiary/aromatic N) is 2. The molecule has 172 valence electrons. The number of alkyl carbamates (subject to hydrolysis) is 1. The number of fused-ring (bicyclic) bond motifs is 1. The number of carbonyl (C=O) groups excluding carboxylic acids is 2. The van der Waals surface area contributed by atoms with Gasteiger partial charge in [0.1, 0.15) is 12.4 Å². The zero-order chi connectivity index (χ0) is 24.2. The fourth-order valence-corrected chi connectivity index (χ4v) is 3.63. The van der Waals surface area contributed by atoms with Crippen LogP contribution in [0.5, 0.6) is 0 Å². The number of carboxylic acids is 1. The van der Waals surface area contributed by atoms with Crippen molar-refractivity contribution in [2.24, 2.45) is 4.99 Å². The van der Waals surface area contributed by atoms with Gasteiger partial charge in [0.2, 0.25) is 6.17 Å². The number of hydrogen-bond donors (Lipinski definition) is 2. The highest BCUT2D eigenvalue weighted by molar-refractivity contribution is 6.23. The van der Waals surface area contributed by atoms with Gasteiger partial charge in [0.05, 0.1) is 17.0 Å². The first-order chi connectivity index (χ1) is 16.4. The van der Waals surface area contributed by atoms with Crippen LogP contribution in [-0.2, 0) is 16.1 Å². The van der Waals surface area contributed by atoms with Crippen molar-refractivity contribution in [2.45, 2.75) is 12.8 Å². The molecule has 1 aliphatic rings. The van der Waals surface area contributed by atoms with Crippen LogP contribution in [0.2, 0.25) is 0 Å². The average molecular weight is 461 g/mol. The van der Waals surface area contributed by atoms with E-state index < -0.39 is 30.0 Å². The molecule has 0 aromatic heterocycles. The van der Waals surface area contributed by atoms with Gasteiger partial charge in [-0.15, -0.1) is 0 Å². The number of aromatic carboxylic acids is 1. The van der Waals surface area contributed by atoms with Crippen molar-refractivity contribution in [3.8, 4) is 0 Å². The Balaban J connectivity index is 1.75. The van der Waals surface area contributed by atoms with Crippen molar-refractivity contribution < 1.29 is 28.6 Å². The normalized spacial score (nSPS) is 15.1. The molecular weight excluding hydrogens is 441 g/mol. The van der Waals surface area contributed by atoms with Crippen LogP contribution in [0, 0.1) is 5.82 Å². The van der Waals surface area contributed by atoms with E-state index in [1.165, 1.54) is 48.3 Å². The minimum Gasteiger partial charge on any atom is -0.478 e. The fraction of sp³-hybridized carbons (Fsp3) is 0.120. The fourth-order valence-electron chi connectivity index (χ4n) is 3.63. The number of likely N-dealkylation sites (N-methyl/N-ethyl adjacent to an activating group) is 1. The smallest absolute Gasteiger partial charge is 0.409 e. The Morgan fingerprint density at radius 2 is 1.76 bits per heavy atom. The molecule has 0 bridgehead atoms. The third-order valence-corrected chi connectivity index (χ3v) is 5.29. The number of anilines is 1. The second kappa shape index (κ2) is 9.53. The number of carboxylic acid groups (broad SMARTS) is 1. The first-order valence-corrected chi connectivity index (χ1v) is 10.3. The van der Waals surface area contributed by atoms with Crippen LogP contribution in [0.25, 0.3) is 0 Å². The Morgan fingerprint density at radius 3 is 2.47 bits per heavy atom. The number of carbonyl (C=O) groups is 3. The van der Waals surface area contributed by atoms with Crippen molar-refractivity contribution in [1.29, 1.82) is 0 Å². The topological polar surface area (TPSA) is 108 Å².